The van der Waals surface area contributed by atoms with Crippen molar-refractivity contribution in [2.45, 2.75) is 6.92 Å². The van der Waals surface area contributed by atoms with E-state index in [1.165, 1.54) is 4.88 Å². The van der Waals surface area contributed by atoms with Crippen molar-refractivity contribution in [2.75, 3.05) is 43.9 Å². The normalized spacial score (nSPS) is 17.6. The molecule has 0 spiro atoms. The van der Waals surface area contributed by atoms with E-state index in [1.54, 1.807) is 11.3 Å². The summed E-state index contributed by atoms with van der Waals surface area (Å²) in [5.74, 6) is 1.37. The van der Waals surface area contributed by atoms with Gasteiger partial charge in [-0.05, 0) is 20.0 Å². The zero-order chi connectivity index (χ0) is 12.7. The Morgan fingerprint density at radius 3 is 2.67 bits per heavy atom. The molecule has 0 aromatic carbocycles. The van der Waals surface area contributed by atoms with Crippen molar-refractivity contribution in [3.63, 3.8) is 0 Å². The van der Waals surface area contributed by atoms with Crippen molar-refractivity contribution in [3.05, 3.63) is 10.9 Å². The Morgan fingerprint density at radius 1 is 1.22 bits per heavy atom. The van der Waals surface area contributed by atoms with E-state index in [1.807, 2.05) is 0 Å². The molecule has 2 aromatic heterocycles. The minimum atomic E-state index is 0.370. The molecule has 96 valence electrons. The van der Waals surface area contributed by atoms with Gasteiger partial charge < -0.3 is 15.5 Å². The highest BCUT2D eigenvalue weighted by Gasteiger charge is 2.19. The lowest BCUT2D eigenvalue weighted by Crippen LogP contribution is -2.44. The topological polar surface area (TPSA) is 58.3 Å². The van der Waals surface area contributed by atoms with Gasteiger partial charge in [-0.25, -0.2) is 4.98 Å². The predicted octanol–water partition coefficient (Wildman–Crippen LogP) is 1.33. The van der Waals surface area contributed by atoms with Crippen molar-refractivity contribution in [3.8, 4) is 0 Å². The third-order valence-corrected chi connectivity index (χ3v) is 4.33. The fraction of sp³-hybridized carbons (Fsp3) is 0.500. The number of piperazine rings is 1. The van der Waals surface area contributed by atoms with Gasteiger partial charge in [0.2, 0.25) is 5.95 Å². The molecule has 5 nitrogen and oxygen atoms in total. The van der Waals surface area contributed by atoms with Crippen LogP contribution in [0, 0.1) is 6.92 Å². The second kappa shape index (κ2) is 4.37. The first-order valence-corrected chi connectivity index (χ1v) is 6.92. The third-order valence-electron chi connectivity index (χ3n) is 3.30. The van der Waals surface area contributed by atoms with Gasteiger partial charge in [0.25, 0.3) is 0 Å². The molecule has 0 unspecified atom stereocenters. The number of anilines is 2. The number of aromatic nitrogens is 2. The van der Waals surface area contributed by atoms with E-state index in [9.17, 15) is 0 Å². The number of hydrogen-bond acceptors (Lipinski definition) is 6. The predicted molar refractivity (Wildman–Crippen MR) is 76.3 cm³/mol. The highest BCUT2D eigenvalue weighted by molar-refractivity contribution is 7.19. The van der Waals surface area contributed by atoms with Crippen LogP contribution in [0.15, 0.2) is 6.07 Å². The van der Waals surface area contributed by atoms with E-state index in [0.29, 0.717) is 5.95 Å². The molecular weight excluding hydrogens is 246 g/mol. The van der Waals surface area contributed by atoms with E-state index in [0.717, 1.165) is 42.2 Å². The average Bonchev–Trinajstić information content (AvgIpc) is 2.69. The van der Waals surface area contributed by atoms with Crippen LogP contribution in [-0.4, -0.2) is 48.1 Å². The lowest BCUT2D eigenvalue weighted by atomic mass is 10.3. The molecule has 2 aromatic rings. The molecule has 1 fully saturated rings. The number of nitrogens with two attached hydrogens (primary N) is 1. The van der Waals surface area contributed by atoms with Gasteiger partial charge in [0.05, 0.1) is 10.2 Å². The smallest absolute Gasteiger partial charge is 0.222 e. The second-order valence-corrected chi connectivity index (χ2v) is 6.02. The quantitative estimate of drug-likeness (QED) is 0.841. The summed E-state index contributed by atoms with van der Waals surface area (Å²) >= 11 is 1.75. The molecule has 0 atom stereocenters. The third kappa shape index (κ3) is 2.02. The van der Waals surface area contributed by atoms with Gasteiger partial charge in [0.15, 0.2) is 5.82 Å². The van der Waals surface area contributed by atoms with E-state index < -0.39 is 0 Å². The molecule has 1 saturated heterocycles. The molecule has 6 heteroatoms. The minimum absolute atomic E-state index is 0.370. The summed E-state index contributed by atoms with van der Waals surface area (Å²) in [7, 11) is 2.15. The van der Waals surface area contributed by atoms with Crippen LogP contribution in [0.4, 0.5) is 11.8 Å². The monoisotopic (exact) mass is 263 g/mol. The van der Waals surface area contributed by atoms with Gasteiger partial charge in [-0.1, -0.05) is 0 Å². The van der Waals surface area contributed by atoms with Crippen LogP contribution in [0.5, 0.6) is 0 Å². The Bertz CT molecular complexity index is 571. The number of fused-ring (bicyclic) bond motifs is 1. The number of nitrogens with zero attached hydrogens (tertiary/aromatic N) is 4. The first kappa shape index (κ1) is 11.7. The Kier molecular flexibility index (Phi) is 2.83. The Labute approximate surface area is 110 Å². The van der Waals surface area contributed by atoms with Crippen molar-refractivity contribution < 1.29 is 0 Å². The Morgan fingerprint density at radius 2 is 1.94 bits per heavy atom. The summed E-state index contributed by atoms with van der Waals surface area (Å²) in [6.07, 6.45) is 0. The van der Waals surface area contributed by atoms with Gasteiger partial charge in [0.1, 0.15) is 0 Å². The molecular formula is C12H17N5S. The number of nitrogen functional groups attached to an aromatic ring is 1. The molecule has 1 aliphatic heterocycles. The number of rotatable bonds is 1. The SMILES string of the molecule is Cc1cc2nc(N)nc(N3CCN(C)CC3)c2s1. The number of likely N-dealkylation sites (N-methyl/N-ethyl adjacent to an activating group) is 1. The molecule has 18 heavy (non-hydrogen) atoms. The molecule has 0 aliphatic carbocycles. The first-order chi connectivity index (χ1) is 8.63. The molecule has 0 amide bonds. The van der Waals surface area contributed by atoms with Crippen LogP contribution in [0.3, 0.4) is 0 Å². The summed E-state index contributed by atoms with van der Waals surface area (Å²) in [6.45, 7) is 6.22. The Balaban J connectivity index is 2.04. The highest BCUT2D eigenvalue weighted by Crippen LogP contribution is 2.32. The zero-order valence-electron chi connectivity index (χ0n) is 10.7. The molecule has 2 N–H and O–H groups in total. The molecule has 0 bridgehead atoms. The summed E-state index contributed by atoms with van der Waals surface area (Å²) < 4.78 is 1.16. The molecule has 3 heterocycles. The van der Waals surface area contributed by atoms with E-state index >= 15 is 0 Å². The number of aryl methyl sites for hydroxylation is 1. The highest BCUT2D eigenvalue weighted by atomic mass is 32.1. The first-order valence-electron chi connectivity index (χ1n) is 6.10. The van der Waals surface area contributed by atoms with Gasteiger partial charge in [-0.3, -0.25) is 0 Å². The van der Waals surface area contributed by atoms with E-state index in [2.05, 4.69) is 39.8 Å². The van der Waals surface area contributed by atoms with Crippen LogP contribution in [0.2, 0.25) is 0 Å². The maximum Gasteiger partial charge on any atom is 0.222 e. The molecule has 0 saturated carbocycles. The van der Waals surface area contributed by atoms with Gasteiger partial charge >= 0.3 is 0 Å². The second-order valence-electron chi connectivity index (χ2n) is 4.77. The van der Waals surface area contributed by atoms with Gasteiger partial charge in [-0.2, -0.15) is 4.98 Å². The lowest BCUT2D eigenvalue weighted by Gasteiger charge is -2.33. The fourth-order valence-corrected chi connectivity index (χ4v) is 3.25. The van der Waals surface area contributed by atoms with Crippen molar-refractivity contribution in [1.29, 1.82) is 0 Å². The van der Waals surface area contributed by atoms with Crippen molar-refractivity contribution >= 4 is 33.3 Å². The standard InChI is InChI=1S/C12H17N5S/c1-8-7-9-10(18-8)11(15-12(13)14-9)17-5-3-16(2)4-6-17/h7H,3-6H2,1-2H3,(H2,13,14,15). The summed E-state index contributed by atoms with van der Waals surface area (Å²) in [5, 5.41) is 0. The summed E-state index contributed by atoms with van der Waals surface area (Å²) in [4.78, 5) is 14.7. The molecule has 3 rings (SSSR count). The molecule has 0 radical (unpaired) electrons. The van der Waals surface area contributed by atoms with E-state index in [4.69, 9.17) is 5.73 Å². The maximum absolute atomic E-state index is 5.81. The summed E-state index contributed by atoms with van der Waals surface area (Å²) in [6, 6.07) is 2.08. The van der Waals surface area contributed by atoms with Crippen LogP contribution in [0.25, 0.3) is 10.2 Å². The minimum Gasteiger partial charge on any atom is -0.368 e. The fourth-order valence-electron chi connectivity index (χ4n) is 2.28. The van der Waals surface area contributed by atoms with Crippen LogP contribution < -0.4 is 10.6 Å². The van der Waals surface area contributed by atoms with Gasteiger partial charge in [-0.15, -0.1) is 11.3 Å². The van der Waals surface area contributed by atoms with Crippen LogP contribution in [-0.2, 0) is 0 Å². The summed E-state index contributed by atoms with van der Waals surface area (Å²) in [5.41, 5.74) is 6.78. The number of hydrogen-bond donors (Lipinski definition) is 1. The average molecular weight is 263 g/mol. The van der Waals surface area contributed by atoms with E-state index in [-0.39, 0.29) is 0 Å². The zero-order valence-corrected chi connectivity index (χ0v) is 11.5. The number of thiophene rings is 1. The largest absolute Gasteiger partial charge is 0.368 e. The van der Waals surface area contributed by atoms with Crippen molar-refractivity contribution in [2.24, 2.45) is 0 Å². The van der Waals surface area contributed by atoms with Crippen LogP contribution in [0.1, 0.15) is 4.88 Å². The lowest BCUT2D eigenvalue weighted by molar-refractivity contribution is 0.312. The Hall–Kier alpha value is -1.40. The van der Waals surface area contributed by atoms with Crippen LogP contribution >= 0.6 is 11.3 Å². The molecule has 1 aliphatic rings. The van der Waals surface area contributed by atoms with Gasteiger partial charge in [0, 0.05) is 31.1 Å². The maximum atomic E-state index is 5.81. The van der Waals surface area contributed by atoms with Crippen molar-refractivity contribution in [1.82, 2.24) is 14.9 Å².